The number of rotatable bonds is 0. The Morgan fingerprint density at radius 2 is 2.43 bits per heavy atom. The SMILES string of the molecule is O=c1[nH]nc([Se])[nH]1. The molecule has 7 heavy (non-hydrogen) atoms. The van der Waals surface area contributed by atoms with Crippen molar-refractivity contribution in [2.75, 3.05) is 0 Å². The van der Waals surface area contributed by atoms with Crippen LogP contribution in [0.4, 0.5) is 0 Å². The molecule has 1 aromatic heterocycles. The van der Waals surface area contributed by atoms with Gasteiger partial charge in [-0.05, 0) is 0 Å². The number of H-pyrrole nitrogens is 2. The topological polar surface area (TPSA) is 61.5 Å². The molecule has 0 bridgehead atoms. The summed E-state index contributed by atoms with van der Waals surface area (Å²) in [6, 6.07) is 0. The fraction of sp³-hybridized carbons (Fsp3) is 0. The molecule has 0 amide bonds. The normalized spacial score (nSPS) is 9.14. The Bertz CT molecular complexity index is 201. The first kappa shape index (κ1) is 4.61. The molecule has 1 radical (unpaired) electrons. The fourth-order valence-electron chi connectivity index (χ4n) is 0.255. The molecular formula is C2H2N3OSe. The predicted molar refractivity (Wildman–Crippen MR) is 24.6 cm³/mol. The number of hydrogen-bond acceptors (Lipinski definition) is 2. The Morgan fingerprint density at radius 3 is 2.57 bits per heavy atom. The molecule has 0 aliphatic rings. The van der Waals surface area contributed by atoms with Crippen LogP contribution in [0.2, 0.25) is 0 Å². The third kappa shape index (κ3) is 0.913. The van der Waals surface area contributed by atoms with E-state index >= 15 is 0 Å². The molecule has 0 aliphatic heterocycles. The molecule has 1 aromatic rings. The summed E-state index contributed by atoms with van der Waals surface area (Å²) < 4.78 is 0.491. The van der Waals surface area contributed by atoms with Gasteiger partial charge in [-0.2, -0.15) is 0 Å². The summed E-state index contributed by atoms with van der Waals surface area (Å²) in [7, 11) is 0. The standard InChI is InChI=1S/C2H2N3OSe/c6-1-3-2(7)5-4-1/h(H2,3,4,5,6). The maximum atomic E-state index is 10.1. The third-order valence-corrected chi connectivity index (χ3v) is 0.885. The van der Waals surface area contributed by atoms with Crippen LogP contribution in [0.5, 0.6) is 0 Å². The van der Waals surface area contributed by atoms with E-state index in [1.165, 1.54) is 0 Å². The molecule has 0 unspecified atom stereocenters. The summed E-state index contributed by atoms with van der Waals surface area (Å²) >= 11 is 2.52. The number of aromatic nitrogens is 3. The number of hydrogen-bond donors (Lipinski definition) is 2. The van der Waals surface area contributed by atoms with E-state index in [9.17, 15) is 4.79 Å². The minimum atomic E-state index is -0.284. The van der Waals surface area contributed by atoms with Gasteiger partial charge >= 0.3 is 46.4 Å². The van der Waals surface area contributed by atoms with Crippen LogP contribution >= 0.6 is 0 Å². The van der Waals surface area contributed by atoms with Crippen LogP contribution in [-0.2, 0) is 0 Å². The molecule has 37 valence electrons. The van der Waals surface area contributed by atoms with Crippen molar-refractivity contribution < 1.29 is 0 Å². The Labute approximate surface area is 47.1 Å². The second-order valence-corrected chi connectivity index (χ2v) is 1.79. The summed E-state index contributed by atoms with van der Waals surface area (Å²) in [6.07, 6.45) is 0. The van der Waals surface area contributed by atoms with Crippen molar-refractivity contribution in [2.45, 2.75) is 0 Å². The zero-order chi connectivity index (χ0) is 5.28. The van der Waals surface area contributed by atoms with Gasteiger partial charge < -0.3 is 0 Å². The van der Waals surface area contributed by atoms with E-state index in [-0.39, 0.29) is 5.69 Å². The van der Waals surface area contributed by atoms with Crippen LogP contribution in [-0.4, -0.2) is 31.2 Å². The van der Waals surface area contributed by atoms with E-state index in [1.807, 2.05) is 0 Å². The van der Waals surface area contributed by atoms with Gasteiger partial charge in [-0.1, -0.05) is 0 Å². The maximum absolute atomic E-state index is 10.1. The van der Waals surface area contributed by atoms with E-state index in [2.05, 4.69) is 31.2 Å². The van der Waals surface area contributed by atoms with Gasteiger partial charge in [-0.15, -0.1) is 0 Å². The van der Waals surface area contributed by atoms with Gasteiger partial charge in [-0.3, -0.25) is 0 Å². The summed E-state index contributed by atoms with van der Waals surface area (Å²) in [5, 5.41) is 5.64. The molecular weight excluding hydrogens is 161 g/mol. The Kier molecular flexibility index (Phi) is 1.00. The summed E-state index contributed by atoms with van der Waals surface area (Å²) in [5.41, 5.74) is -0.284. The summed E-state index contributed by atoms with van der Waals surface area (Å²) in [4.78, 5) is 12.5. The molecule has 0 saturated heterocycles. The molecule has 0 spiro atoms. The van der Waals surface area contributed by atoms with Crippen molar-refractivity contribution in [3.05, 3.63) is 10.5 Å². The van der Waals surface area contributed by atoms with Gasteiger partial charge in [0.05, 0.1) is 0 Å². The third-order valence-electron chi connectivity index (χ3n) is 0.479. The van der Waals surface area contributed by atoms with Crippen molar-refractivity contribution in [3.63, 3.8) is 0 Å². The van der Waals surface area contributed by atoms with E-state index in [0.717, 1.165) is 0 Å². The predicted octanol–water partition coefficient (Wildman–Crippen LogP) is -2.11. The second-order valence-electron chi connectivity index (χ2n) is 0.983. The van der Waals surface area contributed by atoms with Gasteiger partial charge in [0.25, 0.3) is 0 Å². The number of nitrogens with one attached hydrogen (secondary N) is 2. The van der Waals surface area contributed by atoms with Crippen LogP contribution in [0, 0.1) is 0 Å². The van der Waals surface area contributed by atoms with Crippen molar-refractivity contribution in [2.24, 2.45) is 0 Å². The van der Waals surface area contributed by atoms with Crippen LogP contribution < -0.4 is 10.4 Å². The molecule has 1 rings (SSSR count). The molecule has 0 atom stereocenters. The van der Waals surface area contributed by atoms with Crippen molar-refractivity contribution in [1.82, 2.24) is 15.2 Å². The van der Waals surface area contributed by atoms with Gasteiger partial charge in [0.15, 0.2) is 0 Å². The van der Waals surface area contributed by atoms with E-state index in [0.29, 0.717) is 4.72 Å². The van der Waals surface area contributed by atoms with Crippen molar-refractivity contribution in [3.8, 4) is 0 Å². The fourth-order valence-corrected chi connectivity index (χ4v) is 0.545. The first-order valence-electron chi connectivity index (χ1n) is 1.61. The van der Waals surface area contributed by atoms with Crippen LogP contribution in [0.1, 0.15) is 0 Å². The monoisotopic (exact) mass is 164 g/mol. The Morgan fingerprint density at radius 1 is 1.71 bits per heavy atom. The molecule has 5 heteroatoms. The minimum absolute atomic E-state index is 0.284. The molecule has 0 aliphatic carbocycles. The summed E-state index contributed by atoms with van der Waals surface area (Å²) in [5.74, 6) is 0. The van der Waals surface area contributed by atoms with Crippen LogP contribution in [0.15, 0.2) is 4.79 Å². The molecule has 0 aromatic carbocycles. The molecule has 0 fully saturated rings. The zero-order valence-corrected chi connectivity index (χ0v) is 4.98. The zero-order valence-electron chi connectivity index (χ0n) is 3.26. The van der Waals surface area contributed by atoms with Crippen LogP contribution in [0.25, 0.3) is 0 Å². The van der Waals surface area contributed by atoms with Crippen molar-refractivity contribution in [1.29, 1.82) is 0 Å². The Balaban J connectivity index is 3.30. The first-order valence-corrected chi connectivity index (χ1v) is 2.46. The number of aromatic amines is 2. The molecule has 4 nitrogen and oxygen atoms in total. The van der Waals surface area contributed by atoms with E-state index in [1.54, 1.807) is 0 Å². The van der Waals surface area contributed by atoms with E-state index in [4.69, 9.17) is 0 Å². The van der Waals surface area contributed by atoms with Crippen molar-refractivity contribution >= 4 is 20.7 Å². The van der Waals surface area contributed by atoms with Gasteiger partial charge in [-0.25, -0.2) is 0 Å². The van der Waals surface area contributed by atoms with Gasteiger partial charge in [0.1, 0.15) is 0 Å². The first-order chi connectivity index (χ1) is 3.29. The summed E-state index contributed by atoms with van der Waals surface area (Å²) in [6.45, 7) is 0. The average Bonchev–Trinajstić information content (AvgIpc) is 1.87. The average molecular weight is 163 g/mol. The van der Waals surface area contributed by atoms with Gasteiger partial charge in [0.2, 0.25) is 0 Å². The molecule has 2 N–H and O–H groups in total. The molecule has 0 saturated carbocycles. The van der Waals surface area contributed by atoms with Gasteiger partial charge in [0, 0.05) is 0 Å². The quantitative estimate of drug-likeness (QED) is 0.430. The number of nitrogens with zero attached hydrogens (tertiary/aromatic N) is 1. The van der Waals surface area contributed by atoms with Crippen LogP contribution in [0.3, 0.4) is 0 Å². The second kappa shape index (κ2) is 1.52. The Hall–Kier alpha value is -0.541. The molecule has 1 heterocycles. The van der Waals surface area contributed by atoms with E-state index < -0.39 is 0 Å².